The van der Waals surface area contributed by atoms with Crippen LogP contribution in [0.3, 0.4) is 0 Å². The van der Waals surface area contributed by atoms with Crippen molar-refractivity contribution in [1.82, 2.24) is 4.90 Å². The van der Waals surface area contributed by atoms with Gasteiger partial charge in [-0.3, -0.25) is 4.90 Å². The van der Waals surface area contributed by atoms with Gasteiger partial charge in [0.1, 0.15) is 5.54 Å². The van der Waals surface area contributed by atoms with Gasteiger partial charge in [0.15, 0.2) is 0 Å². The second kappa shape index (κ2) is 8.46. The zero-order valence-corrected chi connectivity index (χ0v) is 11.7. The standard InChI is InChI=1S/C13H27N3O/c1-5-12(6-2)16(9-10-17-4)8-7-13(3,15)11-14/h12H,5-10,15H2,1-4H3. The maximum atomic E-state index is 8.92. The fraction of sp³-hybridized carbons (Fsp3) is 0.923. The highest BCUT2D eigenvalue weighted by atomic mass is 16.5. The smallest absolute Gasteiger partial charge is 0.102 e. The molecule has 4 heteroatoms. The van der Waals surface area contributed by atoms with Gasteiger partial charge in [0, 0.05) is 26.2 Å². The van der Waals surface area contributed by atoms with E-state index in [1.54, 1.807) is 14.0 Å². The molecule has 0 saturated heterocycles. The number of nitriles is 1. The minimum absolute atomic E-state index is 0.555. The summed E-state index contributed by atoms with van der Waals surface area (Å²) >= 11 is 0. The lowest BCUT2D eigenvalue weighted by atomic mass is 10.00. The Morgan fingerprint density at radius 2 is 1.94 bits per heavy atom. The van der Waals surface area contributed by atoms with Crippen molar-refractivity contribution in [2.75, 3.05) is 26.8 Å². The van der Waals surface area contributed by atoms with Gasteiger partial charge in [-0.2, -0.15) is 5.26 Å². The third kappa shape index (κ3) is 6.62. The van der Waals surface area contributed by atoms with Crippen LogP contribution in [0.15, 0.2) is 0 Å². The van der Waals surface area contributed by atoms with Crippen LogP contribution in [0.5, 0.6) is 0 Å². The number of hydrogen-bond acceptors (Lipinski definition) is 4. The van der Waals surface area contributed by atoms with Crippen LogP contribution in [-0.2, 0) is 4.74 Å². The van der Waals surface area contributed by atoms with Gasteiger partial charge in [-0.15, -0.1) is 0 Å². The van der Waals surface area contributed by atoms with E-state index in [1.165, 1.54) is 0 Å². The SMILES string of the molecule is CCC(CC)N(CCOC)CCC(C)(N)C#N. The average molecular weight is 241 g/mol. The monoisotopic (exact) mass is 241 g/mol. The third-order valence-electron chi connectivity index (χ3n) is 3.22. The van der Waals surface area contributed by atoms with Crippen molar-refractivity contribution in [3.8, 4) is 6.07 Å². The van der Waals surface area contributed by atoms with Gasteiger partial charge in [0.25, 0.3) is 0 Å². The summed E-state index contributed by atoms with van der Waals surface area (Å²) in [6.45, 7) is 8.67. The molecule has 1 atom stereocenters. The first-order valence-corrected chi connectivity index (χ1v) is 6.43. The van der Waals surface area contributed by atoms with Crippen LogP contribution in [0.4, 0.5) is 0 Å². The maximum absolute atomic E-state index is 8.92. The first-order valence-electron chi connectivity index (χ1n) is 6.43. The first kappa shape index (κ1) is 16.4. The summed E-state index contributed by atoms with van der Waals surface area (Å²) in [5, 5.41) is 8.92. The minimum Gasteiger partial charge on any atom is -0.383 e. The van der Waals surface area contributed by atoms with Gasteiger partial charge in [0.05, 0.1) is 12.7 Å². The van der Waals surface area contributed by atoms with E-state index in [9.17, 15) is 0 Å². The van der Waals surface area contributed by atoms with Crippen LogP contribution >= 0.6 is 0 Å². The van der Waals surface area contributed by atoms with E-state index in [2.05, 4.69) is 24.8 Å². The highest BCUT2D eigenvalue weighted by Gasteiger charge is 2.21. The number of rotatable bonds is 9. The van der Waals surface area contributed by atoms with E-state index < -0.39 is 5.54 Å². The molecule has 0 bridgehead atoms. The molecule has 0 aromatic carbocycles. The summed E-state index contributed by atoms with van der Waals surface area (Å²) in [6.07, 6.45) is 2.94. The van der Waals surface area contributed by atoms with Gasteiger partial charge in [-0.25, -0.2) is 0 Å². The van der Waals surface area contributed by atoms with Crippen molar-refractivity contribution in [2.24, 2.45) is 5.73 Å². The Morgan fingerprint density at radius 3 is 2.35 bits per heavy atom. The molecule has 100 valence electrons. The van der Waals surface area contributed by atoms with Gasteiger partial charge in [-0.05, 0) is 26.2 Å². The summed E-state index contributed by atoms with van der Waals surface area (Å²) in [5.41, 5.74) is 5.13. The Labute approximate surface area is 106 Å². The normalized spacial score (nSPS) is 14.9. The topological polar surface area (TPSA) is 62.3 Å². The molecule has 17 heavy (non-hydrogen) atoms. The quantitative estimate of drug-likeness (QED) is 0.668. The molecule has 0 fully saturated rings. The minimum atomic E-state index is -0.725. The second-order valence-corrected chi connectivity index (χ2v) is 4.78. The predicted octanol–water partition coefficient (Wildman–Crippen LogP) is 1.75. The molecule has 0 aromatic rings. The highest BCUT2D eigenvalue weighted by molar-refractivity contribution is 5.01. The van der Waals surface area contributed by atoms with Crippen LogP contribution in [-0.4, -0.2) is 43.3 Å². The lowest BCUT2D eigenvalue weighted by Gasteiger charge is -2.31. The molecule has 0 spiro atoms. The van der Waals surface area contributed by atoms with Crippen molar-refractivity contribution < 1.29 is 4.74 Å². The summed E-state index contributed by atoms with van der Waals surface area (Å²) in [6, 6.07) is 2.70. The van der Waals surface area contributed by atoms with Crippen LogP contribution < -0.4 is 5.73 Å². The van der Waals surface area contributed by atoms with Crippen LogP contribution in [0, 0.1) is 11.3 Å². The zero-order chi connectivity index (χ0) is 13.3. The van der Waals surface area contributed by atoms with Gasteiger partial charge < -0.3 is 10.5 Å². The molecule has 2 N–H and O–H groups in total. The molecular formula is C13H27N3O. The third-order valence-corrected chi connectivity index (χ3v) is 3.22. The van der Waals surface area contributed by atoms with Crippen LogP contribution in [0.25, 0.3) is 0 Å². The van der Waals surface area contributed by atoms with Gasteiger partial charge >= 0.3 is 0 Å². The van der Waals surface area contributed by atoms with Crippen molar-refractivity contribution >= 4 is 0 Å². The van der Waals surface area contributed by atoms with E-state index in [0.29, 0.717) is 12.5 Å². The average Bonchev–Trinajstić information content (AvgIpc) is 2.33. The van der Waals surface area contributed by atoms with Crippen molar-refractivity contribution in [3.05, 3.63) is 0 Å². The molecule has 1 unspecified atom stereocenters. The lowest BCUT2D eigenvalue weighted by molar-refractivity contribution is 0.111. The molecule has 0 amide bonds. The fourth-order valence-corrected chi connectivity index (χ4v) is 1.92. The van der Waals surface area contributed by atoms with E-state index in [1.807, 2.05) is 0 Å². The molecule has 4 nitrogen and oxygen atoms in total. The molecule has 0 aliphatic carbocycles. The summed E-state index contributed by atoms with van der Waals surface area (Å²) < 4.78 is 5.13. The number of methoxy groups -OCH3 is 1. The van der Waals surface area contributed by atoms with Crippen molar-refractivity contribution in [2.45, 2.75) is 51.6 Å². The van der Waals surface area contributed by atoms with Gasteiger partial charge in [0.2, 0.25) is 0 Å². The molecular weight excluding hydrogens is 214 g/mol. The maximum Gasteiger partial charge on any atom is 0.102 e. The largest absolute Gasteiger partial charge is 0.383 e. The Hall–Kier alpha value is -0.630. The number of nitrogens with zero attached hydrogens (tertiary/aromatic N) is 2. The Kier molecular flexibility index (Phi) is 8.15. The Morgan fingerprint density at radius 1 is 1.35 bits per heavy atom. The highest BCUT2D eigenvalue weighted by Crippen LogP contribution is 2.12. The molecule has 0 heterocycles. The summed E-state index contributed by atoms with van der Waals surface area (Å²) in [5.74, 6) is 0. The molecule has 0 radical (unpaired) electrons. The Balaban J connectivity index is 4.33. The molecule has 0 aromatic heterocycles. The van der Waals surface area contributed by atoms with E-state index in [0.717, 1.165) is 32.5 Å². The van der Waals surface area contributed by atoms with Crippen molar-refractivity contribution in [1.29, 1.82) is 5.26 Å². The van der Waals surface area contributed by atoms with E-state index in [-0.39, 0.29) is 0 Å². The predicted molar refractivity (Wildman–Crippen MR) is 70.6 cm³/mol. The number of ether oxygens (including phenoxy) is 1. The summed E-state index contributed by atoms with van der Waals surface area (Å²) in [4.78, 5) is 2.38. The molecule has 0 aliphatic heterocycles. The zero-order valence-electron chi connectivity index (χ0n) is 11.7. The van der Waals surface area contributed by atoms with Gasteiger partial charge in [-0.1, -0.05) is 13.8 Å². The summed E-state index contributed by atoms with van der Waals surface area (Å²) in [7, 11) is 1.72. The molecule has 0 rings (SSSR count). The van der Waals surface area contributed by atoms with Crippen molar-refractivity contribution in [3.63, 3.8) is 0 Å². The molecule has 0 aliphatic rings. The van der Waals surface area contributed by atoms with E-state index in [4.69, 9.17) is 15.7 Å². The molecule has 0 saturated carbocycles. The lowest BCUT2D eigenvalue weighted by Crippen LogP contribution is -2.43. The van der Waals surface area contributed by atoms with E-state index >= 15 is 0 Å². The fourth-order valence-electron chi connectivity index (χ4n) is 1.92. The van der Waals surface area contributed by atoms with Crippen LogP contribution in [0.1, 0.15) is 40.0 Å². The first-order chi connectivity index (χ1) is 8.00. The Bertz CT molecular complexity index is 231. The van der Waals surface area contributed by atoms with Crippen LogP contribution in [0.2, 0.25) is 0 Å². The number of nitrogens with two attached hydrogens (primary N) is 1. The second-order valence-electron chi connectivity index (χ2n) is 4.78. The number of hydrogen-bond donors (Lipinski definition) is 1.